The van der Waals surface area contributed by atoms with Crippen LogP contribution < -0.4 is 0 Å². The van der Waals surface area contributed by atoms with Gasteiger partial charge in [0.15, 0.2) is 0 Å². The van der Waals surface area contributed by atoms with Crippen LogP contribution in [0.3, 0.4) is 0 Å². The molecule has 0 spiro atoms. The molecule has 0 aliphatic carbocycles. The fourth-order valence-corrected chi connectivity index (χ4v) is 0.626. The summed E-state index contributed by atoms with van der Waals surface area (Å²) in [5, 5.41) is 0. The number of ether oxygens (including phenoxy) is 1. The third-order valence-corrected chi connectivity index (χ3v) is 0.936. The molecule has 2 nitrogen and oxygen atoms in total. The molecule has 0 N–H and O–H groups in total. The second-order valence-electron chi connectivity index (χ2n) is 1.77. The largest absolute Gasteiger partial charge is 0.351 e. The lowest BCUT2D eigenvalue weighted by atomic mass is 10.5. The monoisotopic (exact) mass is 99.1 g/mol. The van der Waals surface area contributed by atoms with E-state index in [1.807, 2.05) is 13.8 Å². The zero-order valence-corrected chi connectivity index (χ0v) is 4.64. The number of rotatable bonds is 0. The van der Waals surface area contributed by atoms with Gasteiger partial charge in [-0.3, -0.25) is 4.99 Å². The van der Waals surface area contributed by atoms with Gasteiger partial charge < -0.3 is 4.74 Å². The van der Waals surface area contributed by atoms with Gasteiger partial charge in [-0.1, -0.05) is 0 Å². The van der Waals surface area contributed by atoms with E-state index in [4.69, 9.17) is 4.74 Å². The van der Waals surface area contributed by atoms with E-state index < -0.39 is 0 Å². The molecule has 0 aromatic carbocycles. The molecule has 7 heavy (non-hydrogen) atoms. The van der Waals surface area contributed by atoms with Crippen molar-refractivity contribution in [2.24, 2.45) is 4.99 Å². The molecule has 0 saturated heterocycles. The molecule has 0 fully saturated rings. The van der Waals surface area contributed by atoms with Gasteiger partial charge in [-0.05, 0) is 13.8 Å². The van der Waals surface area contributed by atoms with Crippen LogP contribution in [-0.2, 0) is 4.74 Å². The maximum absolute atomic E-state index is 5.06. The van der Waals surface area contributed by atoms with Crippen LogP contribution in [0.25, 0.3) is 0 Å². The normalized spacial score (nSPS) is 30.6. The van der Waals surface area contributed by atoms with Crippen molar-refractivity contribution in [3.63, 3.8) is 0 Å². The first-order valence-electron chi connectivity index (χ1n) is 2.44. The van der Waals surface area contributed by atoms with Crippen LogP contribution >= 0.6 is 0 Å². The van der Waals surface area contributed by atoms with Gasteiger partial charge in [-0.15, -0.1) is 0 Å². The maximum atomic E-state index is 5.06. The highest BCUT2D eigenvalue weighted by atomic mass is 16.5. The van der Waals surface area contributed by atoms with Gasteiger partial charge in [-0.2, -0.15) is 0 Å². The quantitative estimate of drug-likeness (QED) is 0.440. The van der Waals surface area contributed by atoms with Crippen molar-refractivity contribution in [2.45, 2.75) is 20.1 Å². The Morgan fingerprint density at radius 3 is 2.71 bits per heavy atom. The number of nitrogens with zero attached hydrogens (tertiary/aromatic N) is 1. The number of hydrogen-bond acceptors (Lipinski definition) is 2. The van der Waals surface area contributed by atoms with Crippen molar-refractivity contribution in [3.05, 3.63) is 0 Å². The number of aliphatic imine (C=N–C) groups is 1. The molecule has 1 atom stereocenters. The van der Waals surface area contributed by atoms with Crippen molar-refractivity contribution in [1.29, 1.82) is 0 Å². The third-order valence-electron chi connectivity index (χ3n) is 0.936. The Hall–Kier alpha value is -0.370. The first-order valence-corrected chi connectivity index (χ1v) is 2.44. The average Bonchev–Trinajstić information content (AvgIpc) is 1.87. The van der Waals surface area contributed by atoms with Crippen LogP contribution in [-0.4, -0.2) is 18.5 Å². The zero-order chi connectivity index (χ0) is 5.28. The topological polar surface area (TPSA) is 21.6 Å². The second-order valence-corrected chi connectivity index (χ2v) is 1.77. The van der Waals surface area contributed by atoms with Crippen molar-refractivity contribution < 1.29 is 4.74 Å². The maximum Gasteiger partial charge on any atom is 0.146 e. The second kappa shape index (κ2) is 1.62. The summed E-state index contributed by atoms with van der Waals surface area (Å²) < 4.78 is 5.06. The Balaban J connectivity index is 2.50. The van der Waals surface area contributed by atoms with Gasteiger partial charge >= 0.3 is 0 Å². The van der Waals surface area contributed by atoms with Crippen molar-refractivity contribution >= 4 is 5.71 Å². The molecule has 2 heteroatoms. The first kappa shape index (κ1) is 4.78. The number of hydrogen-bond donors (Lipinski definition) is 0. The van der Waals surface area contributed by atoms with Gasteiger partial charge in [0.1, 0.15) is 6.23 Å². The SMILES string of the molecule is CC1=NC(C)OC1. The summed E-state index contributed by atoms with van der Waals surface area (Å²) in [7, 11) is 0. The summed E-state index contributed by atoms with van der Waals surface area (Å²) >= 11 is 0. The molecule has 0 amide bonds. The van der Waals surface area contributed by atoms with Crippen LogP contribution in [0.15, 0.2) is 4.99 Å². The summed E-state index contributed by atoms with van der Waals surface area (Å²) in [6, 6.07) is 0. The van der Waals surface area contributed by atoms with Crippen LogP contribution in [0.1, 0.15) is 13.8 Å². The van der Waals surface area contributed by atoms with Crippen LogP contribution in [0.4, 0.5) is 0 Å². The summed E-state index contributed by atoms with van der Waals surface area (Å²) in [6.07, 6.45) is 0.111. The molecule has 1 rings (SSSR count). The summed E-state index contributed by atoms with van der Waals surface area (Å²) in [5.74, 6) is 0. The lowest BCUT2D eigenvalue weighted by Gasteiger charge is -1.92. The summed E-state index contributed by atoms with van der Waals surface area (Å²) in [5.41, 5.74) is 1.10. The van der Waals surface area contributed by atoms with Crippen molar-refractivity contribution in [3.8, 4) is 0 Å². The van der Waals surface area contributed by atoms with E-state index in [1.165, 1.54) is 0 Å². The molecule has 1 unspecified atom stereocenters. The van der Waals surface area contributed by atoms with E-state index in [2.05, 4.69) is 4.99 Å². The lowest BCUT2D eigenvalue weighted by molar-refractivity contribution is 0.124. The highest BCUT2D eigenvalue weighted by Gasteiger charge is 2.06. The minimum absolute atomic E-state index is 0.111. The molecule has 0 aromatic heterocycles. The molecule has 1 aliphatic heterocycles. The minimum Gasteiger partial charge on any atom is -0.351 e. The molecule has 40 valence electrons. The molecule has 1 aliphatic rings. The average molecular weight is 99.1 g/mol. The predicted octanol–water partition coefficient (Wildman–Crippen LogP) is 0.824. The Bertz CT molecular complexity index is 98.3. The van der Waals surface area contributed by atoms with Gasteiger partial charge in [-0.25, -0.2) is 0 Å². The van der Waals surface area contributed by atoms with Crippen LogP contribution in [0.5, 0.6) is 0 Å². The predicted molar refractivity (Wildman–Crippen MR) is 28.5 cm³/mol. The fourth-order valence-electron chi connectivity index (χ4n) is 0.626. The summed E-state index contributed by atoms with van der Waals surface area (Å²) in [6.45, 7) is 4.64. The van der Waals surface area contributed by atoms with Gasteiger partial charge in [0.05, 0.1) is 6.61 Å². The molecule has 1 heterocycles. The van der Waals surface area contributed by atoms with Crippen molar-refractivity contribution in [2.75, 3.05) is 6.61 Å². The van der Waals surface area contributed by atoms with E-state index in [-0.39, 0.29) is 6.23 Å². The van der Waals surface area contributed by atoms with Gasteiger partial charge in [0.2, 0.25) is 0 Å². The van der Waals surface area contributed by atoms with E-state index in [0.29, 0.717) is 0 Å². The van der Waals surface area contributed by atoms with Gasteiger partial charge in [0.25, 0.3) is 0 Å². The third kappa shape index (κ3) is 0.996. The van der Waals surface area contributed by atoms with E-state index in [9.17, 15) is 0 Å². The molecule has 0 aromatic rings. The zero-order valence-electron chi connectivity index (χ0n) is 4.64. The Morgan fingerprint density at radius 2 is 2.57 bits per heavy atom. The highest BCUT2D eigenvalue weighted by molar-refractivity contribution is 5.84. The van der Waals surface area contributed by atoms with Crippen molar-refractivity contribution in [1.82, 2.24) is 0 Å². The Kier molecular flexibility index (Phi) is 1.11. The van der Waals surface area contributed by atoms with E-state index in [1.54, 1.807) is 0 Å². The van der Waals surface area contributed by atoms with Crippen LogP contribution in [0.2, 0.25) is 0 Å². The Morgan fingerprint density at radius 1 is 1.86 bits per heavy atom. The first-order chi connectivity index (χ1) is 3.29. The van der Waals surface area contributed by atoms with Gasteiger partial charge in [0, 0.05) is 5.71 Å². The van der Waals surface area contributed by atoms with E-state index in [0.717, 1.165) is 12.3 Å². The molecule has 0 radical (unpaired) electrons. The lowest BCUT2D eigenvalue weighted by Crippen LogP contribution is -1.96. The van der Waals surface area contributed by atoms with E-state index >= 15 is 0 Å². The molecular formula is C5H9NO. The fraction of sp³-hybridized carbons (Fsp3) is 0.800. The summed E-state index contributed by atoms with van der Waals surface area (Å²) in [4.78, 5) is 4.08. The Labute approximate surface area is 43.2 Å². The molecular weight excluding hydrogens is 90.1 g/mol. The smallest absolute Gasteiger partial charge is 0.146 e. The highest BCUT2D eigenvalue weighted by Crippen LogP contribution is 2.01. The standard InChI is InChI=1S/C5H9NO/c1-4-3-7-5(2)6-4/h5H,3H2,1-2H3. The minimum atomic E-state index is 0.111. The van der Waals surface area contributed by atoms with Crippen LogP contribution in [0, 0.1) is 0 Å². The molecule has 0 saturated carbocycles. The molecule has 0 bridgehead atoms.